The van der Waals surface area contributed by atoms with Gasteiger partial charge in [0.15, 0.2) is 0 Å². The largest absolute Gasteiger partial charge is 0.304 e. The maximum atomic E-state index is 4.58. The molecule has 0 N–H and O–H groups in total. The number of thiophene rings is 1. The molecule has 7 aromatic rings. The van der Waals surface area contributed by atoms with Crippen LogP contribution in [0.2, 0.25) is 0 Å². The third kappa shape index (κ3) is 5.17. The summed E-state index contributed by atoms with van der Waals surface area (Å²) >= 11 is 1.85. The van der Waals surface area contributed by atoms with Gasteiger partial charge >= 0.3 is 0 Å². The second kappa shape index (κ2) is 10.7. The van der Waals surface area contributed by atoms with E-state index in [2.05, 4.69) is 124 Å². The van der Waals surface area contributed by atoms with Gasteiger partial charge in [-0.3, -0.25) is 0 Å². The van der Waals surface area contributed by atoms with Crippen molar-refractivity contribution in [2.75, 3.05) is 0 Å². The fourth-order valence-corrected chi connectivity index (χ4v) is 6.23. The van der Waals surface area contributed by atoms with Crippen molar-refractivity contribution in [1.82, 2.24) is 9.97 Å². The van der Waals surface area contributed by atoms with Crippen molar-refractivity contribution in [3.8, 4) is 11.3 Å². The average molecular weight is 717 g/mol. The van der Waals surface area contributed by atoms with Crippen LogP contribution in [-0.4, -0.2) is 9.97 Å². The van der Waals surface area contributed by atoms with Gasteiger partial charge < -0.3 is 9.97 Å². The number of aromatic nitrogens is 2. The van der Waals surface area contributed by atoms with Gasteiger partial charge in [-0.25, -0.2) is 0 Å². The second-order valence-corrected chi connectivity index (χ2v) is 13.3. The molecule has 2 nitrogen and oxygen atoms in total. The van der Waals surface area contributed by atoms with Crippen LogP contribution >= 0.6 is 11.3 Å². The smallest absolute Gasteiger partial charge is 0.0251 e. The summed E-state index contributed by atoms with van der Waals surface area (Å²) in [5, 5.41) is 6.37. The Hall–Kier alpha value is -3.17. The molecule has 4 heteroatoms. The van der Waals surface area contributed by atoms with Crippen LogP contribution < -0.4 is 0 Å². The molecule has 0 spiro atoms. The second-order valence-electron chi connectivity index (χ2n) is 12.2. The van der Waals surface area contributed by atoms with Crippen molar-refractivity contribution in [2.24, 2.45) is 0 Å². The van der Waals surface area contributed by atoms with Gasteiger partial charge in [-0.15, -0.1) is 59.0 Å². The standard InChI is InChI=1S/C19H24N.C17H8NS.Ir/c1-18(2,3)15-9-7-14(8-10-15)17-12-11-16(13-20-17)19(4,5)6;1-4-10-11-6-3-9-18-17(11)12-5-2-8-14-16(12)15(10)13(7-1)19-14;/h7,9-13H,1-6H3;1-4,6-9H;/q2*-1;. The van der Waals surface area contributed by atoms with Crippen molar-refractivity contribution in [3.63, 3.8) is 0 Å². The molecule has 7 rings (SSSR count). The molecule has 0 fully saturated rings. The number of hydrogen-bond donors (Lipinski definition) is 0. The first-order valence-corrected chi connectivity index (χ1v) is 14.2. The first-order chi connectivity index (χ1) is 18.6. The number of fused-ring (bicyclic) bond motifs is 3. The van der Waals surface area contributed by atoms with E-state index in [4.69, 9.17) is 0 Å². The molecule has 0 unspecified atom stereocenters. The van der Waals surface area contributed by atoms with Crippen LogP contribution in [0.3, 0.4) is 0 Å². The third-order valence-electron chi connectivity index (χ3n) is 7.37. The minimum Gasteiger partial charge on any atom is -0.304 e. The third-order valence-corrected chi connectivity index (χ3v) is 8.49. The zero-order chi connectivity index (χ0) is 27.4. The average Bonchev–Trinajstić information content (AvgIpc) is 3.32. The van der Waals surface area contributed by atoms with Crippen LogP contribution in [0.25, 0.3) is 53.1 Å². The van der Waals surface area contributed by atoms with E-state index in [1.807, 2.05) is 35.9 Å². The van der Waals surface area contributed by atoms with Gasteiger partial charge in [0.25, 0.3) is 0 Å². The van der Waals surface area contributed by atoms with E-state index >= 15 is 0 Å². The molecule has 0 bridgehead atoms. The van der Waals surface area contributed by atoms with Crippen molar-refractivity contribution in [2.45, 2.75) is 52.4 Å². The van der Waals surface area contributed by atoms with Crippen LogP contribution in [0.1, 0.15) is 52.7 Å². The molecule has 203 valence electrons. The van der Waals surface area contributed by atoms with Gasteiger partial charge in [-0.2, -0.15) is 11.3 Å². The van der Waals surface area contributed by atoms with Crippen LogP contribution in [0.5, 0.6) is 0 Å². The maximum Gasteiger partial charge on any atom is 0.0251 e. The summed E-state index contributed by atoms with van der Waals surface area (Å²) in [5.41, 5.74) is 5.97. The Bertz CT molecular complexity index is 1770. The van der Waals surface area contributed by atoms with Gasteiger partial charge in [-0.1, -0.05) is 77.3 Å². The van der Waals surface area contributed by atoms with Crippen molar-refractivity contribution < 1.29 is 20.1 Å². The predicted molar refractivity (Wildman–Crippen MR) is 168 cm³/mol. The fraction of sp³-hybridized carbons (Fsp3) is 0.222. The summed E-state index contributed by atoms with van der Waals surface area (Å²) in [6, 6.07) is 32.2. The molecular weight excluding hydrogens is 685 g/mol. The molecule has 0 aliphatic heterocycles. The molecule has 3 aromatic heterocycles. The van der Waals surface area contributed by atoms with E-state index in [9.17, 15) is 0 Å². The van der Waals surface area contributed by atoms with E-state index in [0.29, 0.717) is 0 Å². The van der Waals surface area contributed by atoms with Crippen molar-refractivity contribution >= 4 is 53.2 Å². The molecule has 3 heterocycles. The summed E-state index contributed by atoms with van der Waals surface area (Å²) in [5.74, 6) is 0. The monoisotopic (exact) mass is 717 g/mol. The first kappa shape index (κ1) is 28.4. The summed E-state index contributed by atoms with van der Waals surface area (Å²) < 4.78 is 2.68. The summed E-state index contributed by atoms with van der Waals surface area (Å²) in [6.07, 6.45) is 3.84. The minimum atomic E-state index is 0. The Morgan fingerprint density at radius 3 is 2.08 bits per heavy atom. The number of hydrogen-bond acceptors (Lipinski definition) is 3. The molecule has 0 saturated carbocycles. The summed E-state index contributed by atoms with van der Waals surface area (Å²) in [7, 11) is 0. The zero-order valence-electron chi connectivity index (χ0n) is 23.7. The van der Waals surface area contributed by atoms with Gasteiger partial charge in [0.2, 0.25) is 0 Å². The molecule has 40 heavy (non-hydrogen) atoms. The fourth-order valence-electron chi connectivity index (χ4n) is 5.09. The Labute approximate surface area is 254 Å². The van der Waals surface area contributed by atoms with Crippen LogP contribution in [-0.2, 0) is 30.9 Å². The van der Waals surface area contributed by atoms with Crippen LogP contribution in [0, 0.1) is 12.1 Å². The molecule has 0 atom stereocenters. The quantitative estimate of drug-likeness (QED) is 0.125. The molecule has 1 radical (unpaired) electrons. The van der Waals surface area contributed by atoms with E-state index in [1.165, 1.54) is 42.1 Å². The number of nitrogens with zero attached hydrogens (tertiary/aromatic N) is 2. The predicted octanol–water partition coefficient (Wildman–Crippen LogP) is 10.1. The molecule has 4 aromatic carbocycles. The number of benzene rings is 4. The Kier molecular flexibility index (Phi) is 7.56. The topological polar surface area (TPSA) is 25.8 Å². The minimum absolute atomic E-state index is 0. The molecule has 0 saturated heterocycles. The van der Waals surface area contributed by atoms with Gasteiger partial charge in [0.1, 0.15) is 0 Å². The van der Waals surface area contributed by atoms with E-state index in [0.717, 1.165) is 22.2 Å². The Morgan fingerprint density at radius 2 is 1.40 bits per heavy atom. The zero-order valence-corrected chi connectivity index (χ0v) is 26.9. The summed E-state index contributed by atoms with van der Waals surface area (Å²) in [4.78, 5) is 9.16. The maximum absolute atomic E-state index is 4.58. The van der Waals surface area contributed by atoms with Crippen molar-refractivity contribution in [3.05, 3.63) is 108 Å². The van der Waals surface area contributed by atoms with E-state index in [-0.39, 0.29) is 30.9 Å². The molecule has 0 amide bonds. The normalized spacial score (nSPS) is 12.1. The Morgan fingerprint density at radius 1 is 0.675 bits per heavy atom. The Balaban J connectivity index is 0.000000157. The van der Waals surface area contributed by atoms with Crippen molar-refractivity contribution in [1.29, 1.82) is 0 Å². The van der Waals surface area contributed by atoms with Gasteiger partial charge in [0, 0.05) is 37.2 Å². The van der Waals surface area contributed by atoms with Gasteiger partial charge in [0.05, 0.1) is 0 Å². The first-order valence-electron chi connectivity index (χ1n) is 13.4. The van der Waals surface area contributed by atoms with E-state index < -0.39 is 0 Å². The molecule has 0 aliphatic carbocycles. The van der Waals surface area contributed by atoms with Gasteiger partial charge in [-0.05, 0) is 60.6 Å². The van der Waals surface area contributed by atoms with Crippen LogP contribution in [0.15, 0.2) is 85.2 Å². The van der Waals surface area contributed by atoms with Crippen LogP contribution in [0.4, 0.5) is 0 Å². The molecule has 0 aliphatic rings. The molecular formula is C36H32IrN2S-2. The number of pyridine rings is 2. The SMILES string of the molecule is CC(C)(C)c1c[c-]c(-c2ccc(C(C)(C)C)cn2)cc1.[Ir].[c-]1ccc2sc3cccc4c5cccnc5c1c2c34. The number of rotatable bonds is 1. The van der Waals surface area contributed by atoms with E-state index in [1.54, 1.807) is 0 Å². The summed E-state index contributed by atoms with van der Waals surface area (Å²) in [6.45, 7) is 13.3.